The number of aliphatic hydroxyl groups excluding tert-OH is 1. The van der Waals surface area contributed by atoms with E-state index in [-0.39, 0.29) is 18.6 Å². The molecule has 4 heteroatoms. The summed E-state index contributed by atoms with van der Waals surface area (Å²) in [6.45, 7) is 0.928. The van der Waals surface area contributed by atoms with E-state index in [2.05, 4.69) is 5.10 Å². The summed E-state index contributed by atoms with van der Waals surface area (Å²) in [5.41, 5.74) is 1.05. The number of aryl methyl sites for hydroxylation is 1. The summed E-state index contributed by atoms with van der Waals surface area (Å²) in [6, 6.07) is 1.94. The van der Waals surface area contributed by atoms with Gasteiger partial charge in [0.05, 0.1) is 5.69 Å². The van der Waals surface area contributed by atoms with Crippen LogP contribution in [0.15, 0.2) is 12.3 Å². The Hall–Kier alpha value is -0.870. The first-order valence-electron chi connectivity index (χ1n) is 4.53. The summed E-state index contributed by atoms with van der Waals surface area (Å²) < 4.78 is 7.37. The zero-order valence-electron chi connectivity index (χ0n) is 7.68. The maximum atomic E-state index is 9.12. The molecule has 72 valence electrons. The fraction of sp³-hybridized carbons (Fsp3) is 0.667. The standard InChI is InChI=1S/C9H14N2O2/c1-11-8(2-4-10-11)9-7(6-12)3-5-13-9/h2,4,7,9,12H,3,5-6H2,1H3/t7-,9+/m0/s1. The monoisotopic (exact) mass is 182 g/mol. The number of hydrogen-bond donors (Lipinski definition) is 1. The molecule has 2 rings (SSSR count). The van der Waals surface area contributed by atoms with Gasteiger partial charge < -0.3 is 9.84 Å². The van der Waals surface area contributed by atoms with Crippen molar-refractivity contribution < 1.29 is 9.84 Å². The summed E-state index contributed by atoms with van der Waals surface area (Å²) in [6.07, 6.45) is 2.72. The highest BCUT2D eigenvalue weighted by molar-refractivity contribution is 5.07. The van der Waals surface area contributed by atoms with Crippen LogP contribution >= 0.6 is 0 Å². The third-order valence-corrected chi connectivity index (χ3v) is 2.60. The molecular formula is C9H14N2O2. The van der Waals surface area contributed by atoms with Crippen molar-refractivity contribution in [2.75, 3.05) is 13.2 Å². The van der Waals surface area contributed by atoms with Crippen LogP contribution in [-0.2, 0) is 11.8 Å². The molecule has 0 aliphatic carbocycles. The van der Waals surface area contributed by atoms with Crippen molar-refractivity contribution in [3.8, 4) is 0 Å². The summed E-state index contributed by atoms with van der Waals surface area (Å²) in [5, 5.41) is 13.2. The molecule has 1 saturated heterocycles. The van der Waals surface area contributed by atoms with Crippen LogP contribution in [0, 0.1) is 5.92 Å². The maximum Gasteiger partial charge on any atom is 0.104 e. The number of nitrogens with zero attached hydrogens (tertiary/aromatic N) is 2. The quantitative estimate of drug-likeness (QED) is 0.724. The van der Waals surface area contributed by atoms with Gasteiger partial charge in [-0.25, -0.2) is 0 Å². The van der Waals surface area contributed by atoms with Crippen LogP contribution in [0.25, 0.3) is 0 Å². The van der Waals surface area contributed by atoms with Crippen LogP contribution in [0.5, 0.6) is 0 Å². The third kappa shape index (κ3) is 1.47. The fourth-order valence-electron chi connectivity index (χ4n) is 1.81. The van der Waals surface area contributed by atoms with Gasteiger partial charge in [0.25, 0.3) is 0 Å². The lowest BCUT2D eigenvalue weighted by Crippen LogP contribution is -2.14. The van der Waals surface area contributed by atoms with Crippen molar-refractivity contribution in [3.05, 3.63) is 18.0 Å². The van der Waals surface area contributed by atoms with Crippen LogP contribution < -0.4 is 0 Å². The van der Waals surface area contributed by atoms with Gasteiger partial charge in [-0.1, -0.05) is 0 Å². The van der Waals surface area contributed by atoms with Gasteiger partial charge in [-0.3, -0.25) is 4.68 Å². The van der Waals surface area contributed by atoms with E-state index in [0.717, 1.165) is 18.7 Å². The molecule has 0 amide bonds. The summed E-state index contributed by atoms with van der Waals surface area (Å²) in [5.74, 6) is 0.232. The molecule has 1 aliphatic rings. The molecule has 13 heavy (non-hydrogen) atoms. The first kappa shape index (κ1) is 8.72. The molecule has 1 N–H and O–H groups in total. The molecule has 0 aromatic carbocycles. The smallest absolute Gasteiger partial charge is 0.104 e. The summed E-state index contributed by atoms with van der Waals surface area (Å²) >= 11 is 0. The molecule has 4 nitrogen and oxygen atoms in total. The number of aromatic nitrogens is 2. The zero-order chi connectivity index (χ0) is 9.26. The minimum absolute atomic E-state index is 0.0255. The Morgan fingerprint density at radius 1 is 1.77 bits per heavy atom. The van der Waals surface area contributed by atoms with Crippen LogP contribution in [-0.4, -0.2) is 28.1 Å². The number of hydrogen-bond acceptors (Lipinski definition) is 3. The van der Waals surface area contributed by atoms with E-state index in [4.69, 9.17) is 9.84 Å². The molecule has 1 aliphatic heterocycles. The van der Waals surface area contributed by atoms with Crippen molar-refractivity contribution in [1.29, 1.82) is 0 Å². The minimum atomic E-state index is 0.0255. The third-order valence-electron chi connectivity index (χ3n) is 2.60. The molecule has 2 heterocycles. The number of rotatable bonds is 2. The highest BCUT2D eigenvalue weighted by Crippen LogP contribution is 2.33. The van der Waals surface area contributed by atoms with Crippen LogP contribution in [0.2, 0.25) is 0 Å². The lowest BCUT2D eigenvalue weighted by atomic mass is 10.0. The van der Waals surface area contributed by atoms with E-state index in [9.17, 15) is 0 Å². The van der Waals surface area contributed by atoms with Crippen LogP contribution in [0.1, 0.15) is 18.2 Å². The lowest BCUT2D eigenvalue weighted by molar-refractivity contribution is 0.0660. The topological polar surface area (TPSA) is 47.3 Å². The van der Waals surface area contributed by atoms with Gasteiger partial charge in [0.2, 0.25) is 0 Å². The van der Waals surface area contributed by atoms with Crippen molar-refractivity contribution in [3.63, 3.8) is 0 Å². The van der Waals surface area contributed by atoms with Gasteiger partial charge in [-0.05, 0) is 12.5 Å². The van der Waals surface area contributed by atoms with E-state index in [0.29, 0.717) is 0 Å². The van der Waals surface area contributed by atoms with Gasteiger partial charge in [-0.2, -0.15) is 5.10 Å². The SMILES string of the molecule is Cn1nccc1[C@@H]1OCC[C@H]1CO. The Kier molecular flexibility index (Phi) is 2.33. The van der Waals surface area contributed by atoms with Gasteiger partial charge in [0.15, 0.2) is 0 Å². The summed E-state index contributed by atoms with van der Waals surface area (Å²) in [4.78, 5) is 0. The molecule has 0 radical (unpaired) electrons. The van der Waals surface area contributed by atoms with E-state index in [1.807, 2.05) is 13.1 Å². The highest BCUT2D eigenvalue weighted by Gasteiger charge is 2.30. The van der Waals surface area contributed by atoms with Gasteiger partial charge in [-0.15, -0.1) is 0 Å². The fourth-order valence-corrected chi connectivity index (χ4v) is 1.81. The van der Waals surface area contributed by atoms with Gasteiger partial charge in [0, 0.05) is 32.4 Å². The minimum Gasteiger partial charge on any atom is -0.396 e. The van der Waals surface area contributed by atoms with Crippen LogP contribution in [0.4, 0.5) is 0 Å². The average molecular weight is 182 g/mol. The molecule has 1 aromatic heterocycles. The largest absolute Gasteiger partial charge is 0.396 e. The molecule has 1 fully saturated rings. The maximum absolute atomic E-state index is 9.12. The van der Waals surface area contributed by atoms with Crippen molar-refractivity contribution in [1.82, 2.24) is 9.78 Å². The molecule has 0 unspecified atom stereocenters. The van der Waals surface area contributed by atoms with Crippen molar-refractivity contribution >= 4 is 0 Å². The zero-order valence-corrected chi connectivity index (χ0v) is 7.68. The van der Waals surface area contributed by atoms with E-state index < -0.39 is 0 Å². The molecule has 2 atom stereocenters. The molecular weight excluding hydrogens is 168 g/mol. The second-order valence-electron chi connectivity index (χ2n) is 3.40. The van der Waals surface area contributed by atoms with Gasteiger partial charge in [0.1, 0.15) is 6.10 Å². The van der Waals surface area contributed by atoms with Crippen LogP contribution in [0.3, 0.4) is 0 Å². The van der Waals surface area contributed by atoms with E-state index >= 15 is 0 Å². The first-order chi connectivity index (χ1) is 6.33. The van der Waals surface area contributed by atoms with Crippen molar-refractivity contribution in [2.45, 2.75) is 12.5 Å². The van der Waals surface area contributed by atoms with E-state index in [1.165, 1.54) is 0 Å². The second kappa shape index (κ2) is 3.47. The Morgan fingerprint density at radius 3 is 3.23 bits per heavy atom. The first-order valence-corrected chi connectivity index (χ1v) is 4.53. The number of ether oxygens (including phenoxy) is 1. The molecule has 0 spiro atoms. The second-order valence-corrected chi connectivity index (χ2v) is 3.40. The predicted octanol–water partition coefficient (Wildman–Crippen LogP) is 0.490. The molecule has 0 saturated carbocycles. The molecule has 0 bridgehead atoms. The van der Waals surface area contributed by atoms with Crippen molar-refractivity contribution in [2.24, 2.45) is 13.0 Å². The molecule has 1 aromatic rings. The predicted molar refractivity (Wildman–Crippen MR) is 47.1 cm³/mol. The Balaban J connectivity index is 2.20. The van der Waals surface area contributed by atoms with E-state index in [1.54, 1.807) is 10.9 Å². The van der Waals surface area contributed by atoms with Gasteiger partial charge >= 0.3 is 0 Å². The lowest BCUT2D eigenvalue weighted by Gasteiger charge is -2.16. The normalized spacial score (nSPS) is 28.2. The Labute approximate surface area is 77.1 Å². The highest BCUT2D eigenvalue weighted by atomic mass is 16.5. The summed E-state index contributed by atoms with van der Waals surface area (Å²) in [7, 11) is 1.89. The Morgan fingerprint density at radius 2 is 2.62 bits per heavy atom. The number of aliphatic hydroxyl groups is 1. The average Bonchev–Trinajstić information content (AvgIpc) is 2.71. The Bertz CT molecular complexity index is 285.